The number of carbonyl (C=O) groups excluding carboxylic acids is 1. The van der Waals surface area contributed by atoms with Gasteiger partial charge in [-0.05, 0) is 33.3 Å². The molecule has 2 unspecified atom stereocenters. The molecule has 0 aromatic carbocycles. The van der Waals surface area contributed by atoms with Crippen molar-refractivity contribution in [3.63, 3.8) is 0 Å². The van der Waals surface area contributed by atoms with Crippen molar-refractivity contribution in [2.24, 2.45) is 5.92 Å². The third-order valence-electron chi connectivity index (χ3n) is 3.39. The van der Waals surface area contributed by atoms with Gasteiger partial charge in [0, 0.05) is 12.1 Å². The zero-order chi connectivity index (χ0) is 16.0. The topological polar surface area (TPSA) is 91.6 Å². The predicted molar refractivity (Wildman–Crippen MR) is 79.2 cm³/mol. The van der Waals surface area contributed by atoms with Crippen LogP contribution in [0, 0.1) is 19.8 Å². The highest BCUT2D eigenvalue weighted by Gasteiger charge is 2.19. The summed E-state index contributed by atoms with van der Waals surface area (Å²) in [7, 11) is 0. The van der Waals surface area contributed by atoms with Gasteiger partial charge in [-0.15, -0.1) is 0 Å². The molecule has 0 fully saturated rings. The van der Waals surface area contributed by atoms with Gasteiger partial charge in [0.1, 0.15) is 11.5 Å². The molecule has 0 saturated carbocycles. The van der Waals surface area contributed by atoms with Crippen LogP contribution < -0.4 is 10.6 Å². The Morgan fingerprint density at radius 3 is 2.52 bits per heavy atom. The number of hydrogen-bond donors (Lipinski definition) is 3. The summed E-state index contributed by atoms with van der Waals surface area (Å²) in [6.07, 6.45) is 1.31. The minimum atomic E-state index is -0.883. The second kappa shape index (κ2) is 7.71. The molecule has 0 spiro atoms. The zero-order valence-electron chi connectivity index (χ0n) is 13.0. The highest BCUT2D eigenvalue weighted by atomic mass is 16.4. The van der Waals surface area contributed by atoms with E-state index in [9.17, 15) is 9.59 Å². The van der Waals surface area contributed by atoms with Gasteiger partial charge in [-0.1, -0.05) is 13.3 Å². The van der Waals surface area contributed by atoms with E-state index in [-0.39, 0.29) is 18.6 Å². The van der Waals surface area contributed by atoms with Crippen molar-refractivity contribution in [3.05, 3.63) is 23.2 Å². The summed E-state index contributed by atoms with van der Waals surface area (Å²) in [5, 5.41) is 14.4. The molecule has 118 valence electrons. The van der Waals surface area contributed by atoms with Gasteiger partial charge < -0.3 is 20.2 Å². The monoisotopic (exact) mass is 296 g/mol. The SMILES string of the molecule is CCCC(CNC(=O)NC(C)c1cc(C)oc1C)C(=O)O. The van der Waals surface area contributed by atoms with E-state index >= 15 is 0 Å². The van der Waals surface area contributed by atoms with Crippen molar-refractivity contribution >= 4 is 12.0 Å². The first kappa shape index (κ1) is 17.1. The number of furan rings is 1. The number of hydrogen-bond acceptors (Lipinski definition) is 3. The maximum atomic E-state index is 11.8. The number of carboxylic acid groups (broad SMARTS) is 1. The Kier molecular flexibility index (Phi) is 6.27. The summed E-state index contributed by atoms with van der Waals surface area (Å²) >= 11 is 0. The van der Waals surface area contributed by atoms with Crippen LogP contribution in [0.1, 0.15) is 49.8 Å². The number of carbonyl (C=O) groups is 2. The van der Waals surface area contributed by atoms with Crippen LogP contribution in [0.5, 0.6) is 0 Å². The van der Waals surface area contributed by atoms with Gasteiger partial charge in [0.2, 0.25) is 0 Å². The summed E-state index contributed by atoms with van der Waals surface area (Å²) < 4.78 is 5.43. The minimum Gasteiger partial charge on any atom is -0.481 e. The summed E-state index contributed by atoms with van der Waals surface area (Å²) in [6.45, 7) is 7.61. The normalized spacial score (nSPS) is 13.5. The molecule has 0 saturated heterocycles. The van der Waals surface area contributed by atoms with Crippen LogP contribution in [0.2, 0.25) is 0 Å². The molecule has 1 heterocycles. The van der Waals surface area contributed by atoms with Gasteiger partial charge in [0.25, 0.3) is 0 Å². The lowest BCUT2D eigenvalue weighted by atomic mass is 10.0. The van der Waals surface area contributed by atoms with Gasteiger partial charge in [-0.25, -0.2) is 4.79 Å². The van der Waals surface area contributed by atoms with Gasteiger partial charge in [-0.2, -0.15) is 0 Å². The molecule has 3 N–H and O–H groups in total. The third-order valence-corrected chi connectivity index (χ3v) is 3.39. The van der Waals surface area contributed by atoms with Crippen molar-refractivity contribution < 1.29 is 19.1 Å². The van der Waals surface area contributed by atoms with Crippen LogP contribution in [0.4, 0.5) is 4.79 Å². The average Bonchev–Trinajstić information content (AvgIpc) is 2.73. The summed E-state index contributed by atoms with van der Waals surface area (Å²) in [5.41, 5.74) is 0.922. The minimum absolute atomic E-state index is 0.130. The second-order valence-corrected chi connectivity index (χ2v) is 5.27. The van der Waals surface area contributed by atoms with Crippen molar-refractivity contribution in [1.29, 1.82) is 0 Å². The number of aryl methyl sites for hydroxylation is 2. The Labute approximate surface area is 124 Å². The maximum Gasteiger partial charge on any atom is 0.315 e. The van der Waals surface area contributed by atoms with Crippen LogP contribution in [0.15, 0.2) is 10.5 Å². The average molecular weight is 296 g/mol. The number of amides is 2. The van der Waals surface area contributed by atoms with Gasteiger partial charge in [0.15, 0.2) is 0 Å². The first-order valence-electron chi connectivity index (χ1n) is 7.19. The quantitative estimate of drug-likeness (QED) is 0.721. The Balaban J connectivity index is 2.49. The molecule has 21 heavy (non-hydrogen) atoms. The molecule has 0 aliphatic rings. The lowest BCUT2D eigenvalue weighted by Gasteiger charge is -2.16. The fourth-order valence-electron chi connectivity index (χ4n) is 2.28. The molecule has 0 aliphatic carbocycles. The van der Waals surface area contributed by atoms with E-state index in [1.807, 2.05) is 33.8 Å². The molecule has 6 heteroatoms. The fraction of sp³-hybridized carbons (Fsp3) is 0.600. The predicted octanol–water partition coefficient (Wildman–Crippen LogP) is 2.76. The smallest absolute Gasteiger partial charge is 0.315 e. The fourth-order valence-corrected chi connectivity index (χ4v) is 2.28. The third kappa shape index (κ3) is 5.13. The van der Waals surface area contributed by atoms with Crippen LogP contribution in [0.25, 0.3) is 0 Å². The first-order valence-corrected chi connectivity index (χ1v) is 7.19. The standard InChI is InChI=1S/C15H24N2O4/c1-5-6-12(14(18)19)8-16-15(20)17-10(3)13-7-9(2)21-11(13)4/h7,10,12H,5-6,8H2,1-4H3,(H,18,19)(H2,16,17,20). The number of carboxylic acids is 1. The van der Waals surface area contributed by atoms with Gasteiger partial charge in [-0.3, -0.25) is 4.79 Å². The Morgan fingerprint density at radius 2 is 2.05 bits per heavy atom. The molecule has 1 rings (SSSR count). The van der Waals surface area contributed by atoms with Crippen molar-refractivity contribution in [3.8, 4) is 0 Å². The molecule has 0 radical (unpaired) electrons. The molecule has 2 amide bonds. The summed E-state index contributed by atoms with van der Waals surface area (Å²) in [6, 6.07) is 1.32. The molecule has 1 aromatic heterocycles. The van der Waals surface area contributed by atoms with Crippen molar-refractivity contribution in [1.82, 2.24) is 10.6 Å². The van der Waals surface area contributed by atoms with Crippen molar-refractivity contribution in [2.45, 2.75) is 46.6 Å². The highest BCUT2D eigenvalue weighted by molar-refractivity contribution is 5.76. The van der Waals surface area contributed by atoms with E-state index in [0.29, 0.717) is 6.42 Å². The van der Waals surface area contributed by atoms with Crippen LogP contribution >= 0.6 is 0 Å². The van der Waals surface area contributed by atoms with Gasteiger partial charge >= 0.3 is 12.0 Å². The van der Waals surface area contributed by atoms with E-state index in [4.69, 9.17) is 9.52 Å². The Bertz CT molecular complexity index is 496. The number of nitrogens with one attached hydrogen (secondary N) is 2. The molecule has 2 atom stereocenters. The first-order chi connectivity index (χ1) is 9.85. The Hall–Kier alpha value is -1.98. The second-order valence-electron chi connectivity index (χ2n) is 5.27. The van der Waals surface area contributed by atoms with E-state index < -0.39 is 11.9 Å². The van der Waals surface area contributed by atoms with E-state index in [1.54, 1.807) is 0 Å². The lowest BCUT2D eigenvalue weighted by Crippen LogP contribution is -2.40. The molecule has 0 bridgehead atoms. The van der Waals surface area contributed by atoms with Crippen molar-refractivity contribution in [2.75, 3.05) is 6.54 Å². The van der Waals surface area contributed by atoms with E-state index in [0.717, 1.165) is 23.5 Å². The Morgan fingerprint density at radius 1 is 1.38 bits per heavy atom. The largest absolute Gasteiger partial charge is 0.481 e. The zero-order valence-corrected chi connectivity index (χ0v) is 13.0. The molecule has 1 aromatic rings. The molecule has 0 aliphatic heterocycles. The molecular formula is C15H24N2O4. The van der Waals surface area contributed by atoms with Crippen LogP contribution in [-0.2, 0) is 4.79 Å². The highest BCUT2D eigenvalue weighted by Crippen LogP contribution is 2.20. The lowest BCUT2D eigenvalue weighted by molar-refractivity contribution is -0.141. The molecular weight excluding hydrogens is 272 g/mol. The summed E-state index contributed by atoms with van der Waals surface area (Å²) in [5.74, 6) is 0.139. The number of urea groups is 1. The molecule has 6 nitrogen and oxygen atoms in total. The number of rotatable bonds is 7. The van der Waals surface area contributed by atoms with Crippen LogP contribution in [-0.4, -0.2) is 23.7 Å². The number of aliphatic carboxylic acids is 1. The van der Waals surface area contributed by atoms with Gasteiger partial charge in [0.05, 0.1) is 12.0 Å². The van der Waals surface area contributed by atoms with E-state index in [2.05, 4.69) is 10.6 Å². The van der Waals surface area contributed by atoms with E-state index in [1.165, 1.54) is 0 Å². The summed E-state index contributed by atoms with van der Waals surface area (Å²) in [4.78, 5) is 22.8. The van der Waals surface area contributed by atoms with Crippen LogP contribution in [0.3, 0.4) is 0 Å². The maximum absolute atomic E-state index is 11.8.